The third-order valence-corrected chi connectivity index (χ3v) is 11.3. The van der Waals surface area contributed by atoms with Gasteiger partial charge >= 0.3 is 14.2 Å². The average Bonchev–Trinajstić information content (AvgIpc) is 3.44. The van der Waals surface area contributed by atoms with Gasteiger partial charge in [0.15, 0.2) is 0 Å². The van der Waals surface area contributed by atoms with E-state index in [9.17, 15) is 0 Å². The molecule has 2 aliphatic rings. The Morgan fingerprint density at radius 1 is 0.408 bits per heavy atom. The third kappa shape index (κ3) is 5.26. The lowest BCUT2D eigenvalue weighted by molar-refractivity contribution is 0.00578. The van der Waals surface area contributed by atoms with Crippen molar-refractivity contribution in [2.45, 2.75) is 77.8 Å². The van der Waals surface area contributed by atoms with E-state index in [1.165, 1.54) is 0 Å². The van der Waals surface area contributed by atoms with Crippen LogP contribution in [0.4, 0.5) is 17.1 Å². The van der Waals surface area contributed by atoms with Crippen molar-refractivity contribution < 1.29 is 18.6 Å². The highest BCUT2D eigenvalue weighted by Crippen LogP contribution is 2.44. The van der Waals surface area contributed by atoms with E-state index in [0.29, 0.717) is 0 Å². The van der Waals surface area contributed by atoms with E-state index in [-0.39, 0.29) is 0 Å². The van der Waals surface area contributed by atoms with E-state index in [0.717, 1.165) is 60.3 Å². The highest BCUT2D eigenvalue weighted by Gasteiger charge is 2.52. The summed E-state index contributed by atoms with van der Waals surface area (Å²) in [4.78, 5) is 2.35. The van der Waals surface area contributed by atoms with Crippen LogP contribution in [0.2, 0.25) is 0 Å². The third-order valence-electron chi connectivity index (χ3n) is 11.3. The molecular weight excluding hydrogens is 604 g/mol. The van der Waals surface area contributed by atoms with Crippen LogP contribution in [0, 0.1) is 0 Å². The largest absolute Gasteiger partial charge is 0.494 e. The summed E-state index contributed by atoms with van der Waals surface area (Å²) in [6, 6.07) is 41.2. The molecule has 8 rings (SSSR count). The predicted molar refractivity (Wildman–Crippen MR) is 205 cm³/mol. The van der Waals surface area contributed by atoms with Crippen molar-refractivity contribution in [1.82, 2.24) is 0 Å². The fourth-order valence-electron chi connectivity index (χ4n) is 6.99. The normalized spacial score (nSPS) is 19.3. The number of anilines is 3. The minimum absolute atomic E-state index is 0.426. The molecule has 0 aromatic heterocycles. The summed E-state index contributed by atoms with van der Waals surface area (Å²) >= 11 is 0. The maximum absolute atomic E-state index is 6.54. The van der Waals surface area contributed by atoms with Crippen molar-refractivity contribution in [3.05, 3.63) is 115 Å². The van der Waals surface area contributed by atoms with Gasteiger partial charge in [0, 0.05) is 16.8 Å². The molecule has 0 N–H and O–H groups in total. The number of hydrogen-bond donors (Lipinski definition) is 0. The average molecular weight is 647 g/mol. The Kier molecular flexibility index (Phi) is 7.33. The first-order valence-electron chi connectivity index (χ1n) is 17.3. The molecule has 2 fully saturated rings. The van der Waals surface area contributed by atoms with E-state index in [4.69, 9.17) is 18.6 Å². The molecule has 0 amide bonds. The molecule has 246 valence electrons. The van der Waals surface area contributed by atoms with Crippen LogP contribution < -0.4 is 15.8 Å². The van der Waals surface area contributed by atoms with Gasteiger partial charge in [-0.3, -0.25) is 0 Å². The summed E-state index contributed by atoms with van der Waals surface area (Å²) in [5, 5.41) is 6.90. The number of rotatable bonds is 5. The Morgan fingerprint density at radius 2 is 0.816 bits per heavy atom. The molecule has 0 unspecified atom stereocenters. The maximum atomic E-state index is 6.54. The fourth-order valence-corrected chi connectivity index (χ4v) is 6.99. The molecule has 0 saturated carbocycles. The van der Waals surface area contributed by atoms with Crippen molar-refractivity contribution in [1.29, 1.82) is 0 Å². The van der Waals surface area contributed by atoms with Crippen molar-refractivity contribution in [3.8, 4) is 0 Å². The standard InChI is InChI=1S/C42H43B2NO4/c1-39(2)40(3,4)47-43(46-39)29-21-19-28-20-23-33-36-26-30(44-48-41(5,6)42(7,8)49-44)22-24-34(36)38(27-37(33)35(28)25-29)45(31-15-11-9-12-16-31)32-17-13-10-14-18-32/h9-27H,1-8H3. The second kappa shape index (κ2) is 11.2. The van der Waals surface area contributed by atoms with Gasteiger partial charge in [-0.2, -0.15) is 0 Å². The van der Waals surface area contributed by atoms with Crippen molar-refractivity contribution in [2.24, 2.45) is 0 Å². The molecule has 5 nitrogen and oxygen atoms in total. The summed E-state index contributed by atoms with van der Waals surface area (Å²) in [5.41, 5.74) is 3.55. The van der Waals surface area contributed by atoms with E-state index < -0.39 is 36.6 Å². The number of hydrogen-bond acceptors (Lipinski definition) is 5. The van der Waals surface area contributed by atoms with Gasteiger partial charge in [0.2, 0.25) is 0 Å². The lowest BCUT2D eigenvalue weighted by atomic mass is 9.76. The first-order chi connectivity index (χ1) is 23.2. The van der Waals surface area contributed by atoms with Crippen LogP contribution in [0.5, 0.6) is 0 Å². The molecule has 0 spiro atoms. The number of nitrogens with zero attached hydrogens (tertiary/aromatic N) is 1. The van der Waals surface area contributed by atoms with Crippen LogP contribution in [0.1, 0.15) is 55.4 Å². The molecule has 7 heteroatoms. The summed E-state index contributed by atoms with van der Waals surface area (Å²) in [5.74, 6) is 0. The highest BCUT2D eigenvalue weighted by molar-refractivity contribution is 6.63. The predicted octanol–water partition coefficient (Wildman–Crippen LogP) is 9.21. The lowest BCUT2D eigenvalue weighted by Crippen LogP contribution is -2.41. The molecule has 49 heavy (non-hydrogen) atoms. The van der Waals surface area contributed by atoms with E-state index in [1.54, 1.807) is 0 Å². The Hall–Kier alpha value is -4.13. The Balaban J connectivity index is 1.40. The first-order valence-corrected chi connectivity index (χ1v) is 17.3. The monoisotopic (exact) mass is 647 g/mol. The Bertz CT molecular complexity index is 2140. The van der Waals surface area contributed by atoms with Gasteiger partial charge < -0.3 is 23.5 Å². The Labute approximate surface area is 290 Å². The summed E-state index contributed by atoms with van der Waals surface area (Å²) in [6.45, 7) is 16.8. The van der Waals surface area contributed by atoms with Gasteiger partial charge in [-0.15, -0.1) is 0 Å². The topological polar surface area (TPSA) is 40.2 Å². The molecule has 2 aliphatic heterocycles. The Morgan fingerprint density at radius 3 is 1.33 bits per heavy atom. The molecular formula is C42H43B2NO4. The van der Waals surface area contributed by atoms with E-state index >= 15 is 0 Å². The van der Waals surface area contributed by atoms with Gasteiger partial charge in [-0.1, -0.05) is 84.9 Å². The quantitative estimate of drug-likeness (QED) is 0.138. The smallest absolute Gasteiger partial charge is 0.399 e. The molecule has 0 aliphatic carbocycles. The minimum Gasteiger partial charge on any atom is -0.399 e. The zero-order valence-electron chi connectivity index (χ0n) is 29.7. The van der Waals surface area contributed by atoms with Crippen LogP contribution in [0.3, 0.4) is 0 Å². The lowest BCUT2D eigenvalue weighted by Gasteiger charge is -2.32. The summed E-state index contributed by atoms with van der Waals surface area (Å²) in [6.07, 6.45) is 0. The zero-order chi connectivity index (χ0) is 34.3. The van der Waals surface area contributed by atoms with Gasteiger partial charge in [0.05, 0.1) is 28.1 Å². The molecule has 0 bridgehead atoms. The number of benzene rings is 6. The van der Waals surface area contributed by atoms with Crippen LogP contribution >= 0.6 is 0 Å². The fraction of sp³-hybridized carbons (Fsp3) is 0.286. The molecule has 6 aromatic carbocycles. The van der Waals surface area contributed by atoms with Crippen molar-refractivity contribution >= 4 is 74.5 Å². The molecule has 0 radical (unpaired) electrons. The molecule has 0 atom stereocenters. The molecule has 2 saturated heterocycles. The van der Waals surface area contributed by atoms with Crippen LogP contribution in [-0.4, -0.2) is 36.6 Å². The van der Waals surface area contributed by atoms with Crippen LogP contribution in [0.25, 0.3) is 32.3 Å². The first kappa shape index (κ1) is 32.1. The van der Waals surface area contributed by atoms with Gasteiger partial charge in [-0.25, -0.2) is 0 Å². The second-order valence-electron chi connectivity index (χ2n) is 15.5. The van der Waals surface area contributed by atoms with Gasteiger partial charge in [-0.05, 0) is 124 Å². The van der Waals surface area contributed by atoms with Crippen molar-refractivity contribution in [3.63, 3.8) is 0 Å². The SMILES string of the molecule is CC1(C)OB(c2ccc3ccc4c5cc(B6OC(C)(C)C(C)(C)O6)ccc5c(N(c5ccccc5)c5ccccc5)cc4c3c2)OC1(C)C. The highest BCUT2D eigenvalue weighted by atomic mass is 16.7. The number of fused-ring (bicyclic) bond motifs is 5. The van der Waals surface area contributed by atoms with E-state index in [1.807, 2.05) is 0 Å². The second-order valence-corrected chi connectivity index (χ2v) is 15.5. The van der Waals surface area contributed by atoms with Crippen LogP contribution in [-0.2, 0) is 18.6 Å². The number of para-hydroxylation sites is 2. The van der Waals surface area contributed by atoms with E-state index in [2.05, 4.69) is 176 Å². The van der Waals surface area contributed by atoms with Gasteiger partial charge in [0.1, 0.15) is 0 Å². The summed E-state index contributed by atoms with van der Waals surface area (Å²) < 4.78 is 26.1. The zero-order valence-corrected chi connectivity index (χ0v) is 29.7. The van der Waals surface area contributed by atoms with Gasteiger partial charge in [0.25, 0.3) is 0 Å². The summed E-state index contributed by atoms with van der Waals surface area (Å²) in [7, 11) is -0.924. The molecule has 6 aromatic rings. The minimum atomic E-state index is -0.470. The molecule has 2 heterocycles. The maximum Gasteiger partial charge on any atom is 0.494 e. The van der Waals surface area contributed by atoms with Crippen LogP contribution in [0.15, 0.2) is 115 Å². The van der Waals surface area contributed by atoms with Crippen molar-refractivity contribution in [2.75, 3.05) is 4.90 Å².